The lowest BCUT2D eigenvalue weighted by Crippen LogP contribution is -2.39. The van der Waals surface area contributed by atoms with Crippen molar-refractivity contribution in [2.75, 3.05) is 31.2 Å². The molecule has 0 radical (unpaired) electrons. The maximum Gasteiger partial charge on any atom is 0.270 e. The van der Waals surface area contributed by atoms with Gasteiger partial charge in [0.05, 0.1) is 41.2 Å². The minimum atomic E-state index is -0.443. The predicted molar refractivity (Wildman–Crippen MR) is 223 cm³/mol. The number of imide groups is 1. The number of ether oxygens (including phenoxy) is 1. The highest BCUT2D eigenvalue weighted by Crippen LogP contribution is 2.41. The molecule has 0 saturated carbocycles. The summed E-state index contributed by atoms with van der Waals surface area (Å²) < 4.78 is 13.3. The molecule has 2 aromatic carbocycles. The molecule has 298 valence electrons. The van der Waals surface area contributed by atoms with Crippen LogP contribution in [0.4, 0.5) is 11.4 Å². The maximum absolute atomic E-state index is 13.2. The van der Waals surface area contributed by atoms with Crippen molar-refractivity contribution in [3.8, 4) is 23.2 Å². The number of aromatic nitrogens is 4. The van der Waals surface area contributed by atoms with E-state index in [-0.39, 0.29) is 41.9 Å². The first-order valence-corrected chi connectivity index (χ1v) is 20.1. The van der Waals surface area contributed by atoms with Crippen molar-refractivity contribution in [1.82, 2.24) is 30.2 Å². The van der Waals surface area contributed by atoms with Crippen LogP contribution in [0.2, 0.25) is 0 Å². The van der Waals surface area contributed by atoms with Gasteiger partial charge in [-0.3, -0.25) is 29.5 Å². The van der Waals surface area contributed by atoms with E-state index in [1.165, 1.54) is 5.56 Å². The molecular formula is C46H43N7O6. The second-order valence-corrected chi connectivity index (χ2v) is 15.6. The number of anilines is 2. The summed E-state index contributed by atoms with van der Waals surface area (Å²) >= 11 is 0. The normalized spacial score (nSPS) is 17.1. The molecule has 59 heavy (non-hydrogen) atoms. The third-order valence-corrected chi connectivity index (χ3v) is 11.7. The Kier molecular flexibility index (Phi) is 10.0. The molecular weight excluding hydrogens is 747 g/mol. The second-order valence-electron chi connectivity index (χ2n) is 15.6. The number of nitrogens with one attached hydrogen (secondary N) is 2. The number of benzene rings is 2. The Morgan fingerprint density at radius 1 is 0.949 bits per heavy atom. The minimum Gasteiger partial charge on any atom is -0.448 e. The second kappa shape index (κ2) is 15.6. The van der Waals surface area contributed by atoms with Crippen molar-refractivity contribution < 1.29 is 23.5 Å². The molecule has 1 unspecified atom stereocenters. The first-order valence-electron chi connectivity index (χ1n) is 20.1. The Balaban J connectivity index is 0.918. The van der Waals surface area contributed by atoms with Gasteiger partial charge in [0, 0.05) is 67.4 Å². The Bertz CT molecular complexity index is 2820. The number of carbonyl (C=O) groups is 3. The van der Waals surface area contributed by atoms with Gasteiger partial charge in [0.15, 0.2) is 11.6 Å². The van der Waals surface area contributed by atoms with Crippen LogP contribution in [0.1, 0.15) is 88.1 Å². The zero-order valence-electron chi connectivity index (χ0n) is 33.2. The molecule has 9 rings (SSSR count). The number of rotatable bonds is 6. The van der Waals surface area contributed by atoms with E-state index >= 15 is 0 Å². The average molecular weight is 790 g/mol. The van der Waals surface area contributed by atoms with E-state index in [0.29, 0.717) is 46.2 Å². The molecule has 6 aromatic rings. The lowest BCUT2D eigenvalue weighted by Gasteiger charge is -2.33. The molecule has 2 saturated heterocycles. The molecule has 3 aliphatic rings. The summed E-state index contributed by atoms with van der Waals surface area (Å²) in [4.78, 5) is 67.1. The van der Waals surface area contributed by atoms with Crippen molar-refractivity contribution in [1.29, 1.82) is 0 Å². The number of fused-ring (bicyclic) bond motifs is 3. The molecule has 2 fully saturated rings. The Morgan fingerprint density at radius 2 is 1.80 bits per heavy atom. The number of aryl methyl sites for hydroxylation is 4. The van der Waals surface area contributed by atoms with Gasteiger partial charge in [0.1, 0.15) is 11.3 Å². The minimum absolute atomic E-state index is 0.00396. The fraction of sp³-hybridized carbons (Fsp3) is 0.326. The quantitative estimate of drug-likeness (QED) is 0.151. The summed E-state index contributed by atoms with van der Waals surface area (Å²) in [5.74, 6) is 5.81. The first-order chi connectivity index (χ1) is 28.6. The van der Waals surface area contributed by atoms with Crippen LogP contribution in [0.5, 0.6) is 0 Å². The largest absolute Gasteiger partial charge is 0.448 e. The van der Waals surface area contributed by atoms with Crippen LogP contribution in [0.15, 0.2) is 70.1 Å². The predicted octanol–water partition coefficient (Wildman–Crippen LogP) is 6.03. The Morgan fingerprint density at radius 3 is 2.61 bits per heavy atom. The van der Waals surface area contributed by atoms with E-state index in [1.54, 1.807) is 16.8 Å². The highest BCUT2D eigenvalue weighted by atomic mass is 16.5. The zero-order valence-corrected chi connectivity index (χ0v) is 33.2. The van der Waals surface area contributed by atoms with Crippen molar-refractivity contribution in [3.05, 3.63) is 111 Å². The number of hydrogen-bond acceptors (Lipinski definition) is 10. The van der Waals surface area contributed by atoms with Gasteiger partial charge in [-0.25, -0.2) is 9.97 Å². The van der Waals surface area contributed by atoms with E-state index in [1.807, 2.05) is 57.4 Å². The van der Waals surface area contributed by atoms with Crippen molar-refractivity contribution >= 4 is 51.0 Å². The Hall–Kier alpha value is -6.65. The van der Waals surface area contributed by atoms with Crippen LogP contribution in [0.25, 0.3) is 33.3 Å². The summed E-state index contributed by atoms with van der Waals surface area (Å²) in [7, 11) is 1.85. The van der Waals surface area contributed by atoms with Crippen LogP contribution in [0, 0.1) is 25.7 Å². The van der Waals surface area contributed by atoms with E-state index in [4.69, 9.17) is 19.1 Å². The summed E-state index contributed by atoms with van der Waals surface area (Å²) in [6.45, 7) is 6.01. The molecule has 2 N–H and O–H groups in total. The van der Waals surface area contributed by atoms with Gasteiger partial charge in [-0.15, -0.1) is 0 Å². The fourth-order valence-electron chi connectivity index (χ4n) is 8.66. The number of furan rings is 1. The molecule has 13 heteroatoms. The van der Waals surface area contributed by atoms with Crippen LogP contribution in [0.3, 0.4) is 0 Å². The topological polar surface area (TPSA) is 162 Å². The third kappa shape index (κ3) is 7.25. The van der Waals surface area contributed by atoms with Gasteiger partial charge < -0.3 is 23.9 Å². The van der Waals surface area contributed by atoms with Crippen molar-refractivity contribution in [2.24, 2.45) is 7.05 Å². The summed E-state index contributed by atoms with van der Waals surface area (Å²) in [6.07, 6.45) is 7.80. The van der Waals surface area contributed by atoms with Gasteiger partial charge in [-0.2, -0.15) is 0 Å². The molecule has 0 bridgehead atoms. The lowest BCUT2D eigenvalue weighted by atomic mass is 9.88. The van der Waals surface area contributed by atoms with Gasteiger partial charge in [-0.05, 0) is 105 Å². The van der Waals surface area contributed by atoms with Gasteiger partial charge in [-0.1, -0.05) is 18.1 Å². The van der Waals surface area contributed by atoms with E-state index in [2.05, 4.69) is 44.5 Å². The lowest BCUT2D eigenvalue weighted by molar-refractivity contribution is -0.134. The number of hydrogen-bond donors (Lipinski definition) is 2. The average Bonchev–Trinajstić information content (AvgIpc) is 3.67. The van der Waals surface area contributed by atoms with E-state index in [0.717, 1.165) is 84.4 Å². The van der Waals surface area contributed by atoms with Crippen LogP contribution in [-0.2, 0) is 27.8 Å². The molecule has 1 atom stereocenters. The summed E-state index contributed by atoms with van der Waals surface area (Å²) in [6, 6.07) is 15.6. The van der Waals surface area contributed by atoms with Gasteiger partial charge in [0.25, 0.3) is 11.5 Å². The highest BCUT2D eigenvalue weighted by molar-refractivity contribution is 6.03. The Labute approximate surface area is 340 Å². The highest BCUT2D eigenvalue weighted by Gasteiger charge is 2.30. The molecule has 3 aliphatic heterocycles. The molecule has 3 amide bonds. The van der Waals surface area contributed by atoms with Crippen LogP contribution >= 0.6 is 0 Å². The number of nitrogens with zero attached hydrogens (tertiary/aromatic N) is 5. The molecule has 13 nitrogen and oxygen atoms in total. The number of carbonyl (C=O) groups excluding carboxylic acids is 3. The van der Waals surface area contributed by atoms with Gasteiger partial charge >= 0.3 is 0 Å². The summed E-state index contributed by atoms with van der Waals surface area (Å²) in [5, 5.41) is 7.03. The third-order valence-electron chi connectivity index (χ3n) is 11.7. The fourth-order valence-corrected chi connectivity index (χ4v) is 8.66. The van der Waals surface area contributed by atoms with Crippen molar-refractivity contribution in [3.63, 3.8) is 0 Å². The van der Waals surface area contributed by atoms with E-state index < -0.39 is 5.92 Å². The monoisotopic (exact) mass is 789 g/mol. The molecule has 7 heterocycles. The van der Waals surface area contributed by atoms with Gasteiger partial charge in [0.2, 0.25) is 11.8 Å². The van der Waals surface area contributed by atoms with E-state index in [9.17, 15) is 19.2 Å². The molecule has 0 aliphatic carbocycles. The standard InChI is InChI=1S/C46H43N7O6/c1-26-19-30(24-48-42(26)45(56)47-15-5-7-31-23-34-32(8-4-10-40(34)59-31)33-11-12-41(54)51-44(33)55)43-49-25-39-36(50-43)9-6-16-53(39)38-22-29(28-13-17-58-18-14-28)21-37-35(38)20-27(2)46(57)52(37)3/h4,8,10,19-25,28,33H,6,9,11-18H2,1-3H3,(H,47,56)(H,51,54,55). The smallest absolute Gasteiger partial charge is 0.270 e. The number of amides is 3. The van der Waals surface area contributed by atoms with Crippen LogP contribution < -0.4 is 21.1 Å². The molecule has 4 aromatic heterocycles. The first kappa shape index (κ1) is 37.9. The van der Waals surface area contributed by atoms with Crippen molar-refractivity contribution in [2.45, 2.75) is 64.2 Å². The SMILES string of the molecule is Cc1cc(-c2ncc3c(n2)CCCN3c2cc(C3CCOCC3)cc3c2cc(C)c(=O)n3C)cnc1C(=O)NCC#Cc1cc2c(C3CCC(=O)NC3=O)cccc2o1. The molecule has 0 spiro atoms. The number of pyridine rings is 2. The summed E-state index contributed by atoms with van der Waals surface area (Å²) in [5.41, 5.74) is 8.79. The zero-order chi connectivity index (χ0) is 40.8. The number of piperidine rings is 1. The van der Waals surface area contributed by atoms with Crippen LogP contribution in [-0.4, -0.2) is 63.5 Å². The maximum atomic E-state index is 13.2.